The Morgan fingerprint density at radius 2 is 1.53 bits per heavy atom. The summed E-state index contributed by atoms with van der Waals surface area (Å²) in [4.78, 5) is 0. The molecule has 17 heavy (non-hydrogen) atoms. The van der Waals surface area contributed by atoms with Crippen molar-refractivity contribution >= 4 is 0 Å². The van der Waals surface area contributed by atoms with Gasteiger partial charge < -0.3 is 10.2 Å². The molecule has 0 aliphatic heterocycles. The van der Waals surface area contributed by atoms with E-state index < -0.39 is 0 Å². The Morgan fingerprint density at radius 3 is 2.18 bits per heavy atom. The van der Waals surface area contributed by atoms with E-state index in [0.29, 0.717) is 0 Å². The van der Waals surface area contributed by atoms with Crippen molar-refractivity contribution in [3.8, 4) is 0 Å². The summed E-state index contributed by atoms with van der Waals surface area (Å²) in [6, 6.07) is 17.6. The van der Waals surface area contributed by atoms with Crippen LogP contribution in [0.1, 0.15) is 22.6 Å². The number of aliphatic hydroxyl groups excluding tert-OH is 2. The summed E-state index contributed by atoms with van der Waals surface area (Å²) in [6.07, 6.45) is 0. The molecule has 2 heteroatoms. The van der Waals surface area contributed by atoms with Gasteiger partial charge in [0.25, 0.3) is 0 Å². The minimum Gasteiger partial charge on any atom is -0.395 e. The zero-order valence-corrected chi connectivity index (χ0v) is 9.58. The first-order chi connectivity index (χ1) is 8.35. The van der Waals surface area contributed by atoms with E-state index in [0.717, 1.165) is 16.7 Å². The summed E-state index contributed by atoms with van der Waals surface area (Å²) >= 11 is 0. The van der Waals surface area contributed by atoms with Crippen molar-refractivity contribution in [1.29, 1.82) is 0 Å². The molecule has 0 bridgehead atoms. The first-order valence-electron chi connectivity index (χ1n) is 5.70. The second-order valence-electron chi connectivity index (χ2n) is 4.05. The smallest absolute Gasteiger partial charge is 0.0681 e. The largest absolute Gasteiger partial charge is 0.395 e. The van der Waals surface area contributed by atoms with Gasteiger partial charge in [0.2, 0.25) is 0 Å². The molecule has 0 amide bonds. The highest BCUT2D eigenvalue weighted by molar-refractivity contribution is 5.34. The van der Waals surface area contributed by atoms with Gasteiger partial charge in [-0.05, 0) is 16.7 Å². The third kappa shape index (κ3) is 2.73. The van der Waals surface area contributed by atoms with E-state index in [1.807, 2.05) is 54.6 Å². The van der Waals surface area contributed by atoms with Crippen molar-refractivity contribution in [1.82, 2.24) is 0 Å². The van der Waals surface area contributed by atoms with Crippen LogP contribution in [0.4, 0.5) is 0 Å². The Balaban J connectivity index is 2.35. The third-order valence-electron chi connectivity index (χ3n) is 2.92. The Morgan fingerprint density at radius 1 is 0.824 bits per heavy atom. The number of aliphatic hydroxyl groups is 2. The fourth-order valence-corrected chi connectivity index (χ4v) is 2.00. The van der Waals surface area contributed by atoms with Gasteiger partial charge in [-0.1, -0.05) is 54.6 Å². The minimum atomic E-state index is -0.0253. The van der Waals surface area contributed by atoms with Crippen molar-refractivity contribution in [3.63, 3.8) is 0 Å². The van der Waals surface area contributed by atoms with Gasteiger partial charge in [0.05, 0.1) is 13.2 Å². The van der Waals surface area contributed by atoms with E-state index in [1.54, 1.807) is 0 Å². The quantitative estimate of drug-likeness (QED) is 0.843. The van der Waals surface area contributed by atoms with E-state index >= 15 is 0 Å². The Labute approximate surface area is 101 Å². The summed E-state index contributed by atoms with van der Waals surface area (Å²) in [5.74, 6) is -0.0253. The summed E-state index contributed by atoms with van der Waals surface area (Å²) < 4.78 is 0. The van der Waals surface area contributed by atoms with Crippen molar-refractivity contribution < 1.29 is 10.2 Å². The first-order valence-corrected chi connectivity index (χ1v) is 5.70. The highest BCUT2D eigenvalue weighted by Gasteiger charge is 2.12. The molecule has 2 aromatic carbocycles. The predicted molar refractivity (Wildman–Crippen MR) is 67.7 cm³/mol. The molecule has 0 saturated carbocycles. The molecule has 2 aromatic rings. The lowest BCUT2D eigenvalue weighted by molar-refractivity contribution is 0.277. The van der Waals surface area contributed by atoms with Crippen LogP contribution >= 0.6 is 0 Å². The molecule has 1 atom stereocenters. The second-order valence-corrected chi connectivity index (χ2v) is 4.05. The molecule has 2 N–H and O–H groups in total. The third-order valence-corrected chi connectivity index (χ3v) is 2.92. The number of hydrogen-bond acceptors (Lipinski definition) is 2. The van der Waals surface area contributed by atoms with Crippen molar-refractivity contribution in [2.24, 2.45) is 0 Å². The number of hydrogen-bond donors (Lipinski definition) is 2. The molecule has 0 spiro atoms. The zero-order chi connectivity index (χ0) is 12.1. The van der Waals surface area contributed by atoms with Gasteiger partial charge in [-0.15, -0.1) is 0 Å². The van der Waals surface area contributed by atoms with Crippen LogP contribution in [0.3, 0.4) is 0 Å². The van der Waals surface area contributed by atoms with E-state index in [2.05, 4.69) is 0 Å². The Hall–Kier alpha value is -1.64. The number of benzene rings is 2. The van der Waals surface area contributed by atoms with Gasteiger partial charge in [-0.2, -0.15) is 0 Å². The molecule has 0 fully saturated rings. The molecule has 88 valence electrons. The highest BCUT2D eigenvalue weighted by atomic mass is 16.3. The SMILES string of the molecule is OCc1cccc(C(CO)c2ccccc2)c1. The van der Waals surface area contributed by atoms with Gasteiger partial charge in [0.15, 0.2) is 0 Å². The van der Waals surface area contributed by atoms with E-state index in [-0.39, 0.29) is 19.1 Å². The first kappa shape index (κ1) is 11.8. The molecular formula is C15H16O2. The van der Waals surface area contributed by atoms with Crippen LogP contribution in [0.5, 0.6) is 0 Å². The molecule has 0 saturated heterocycles. The summed E-state index contributed by atoms with van der Waals surface area (Å²) in [5.41, 5.74) is 2.99. The van der Waals surface area contributed by atoms with Crippen LogP contribution in [0.2, 0.25) is 0 Å². The van der Waals surface area contributed by atoms with Crippen molar-refractivity contribution in [3.05, 3.63) is 71.3 Å². The maximum atomic E-state index is 9.53. The summed E-state index contributed by atoms with van der Waals surface area (Å²) in [6.45, 7) is 0.0969. The number of rotatable bonds is 4. The molecule has 2 nitrogen and oxygen atoms in total. The zero-order valence-electron chi connectivity index (χ0n) is 9.58. The molecule has 0 aliphatic rings. The monoisotopic (exact) mass is 228 g/mol. The fraction of sp³-hybridized carbons (Fsp3) is 0.200. The van der Waals surface area contributed by atoms with Gasteiger partial charge >= 0.3 is 0 Å². The minimum absolute atomic E-state index is 0.0253. The van der Waals surface area contributed by atoms with Crippen LogP contribution in [0.25, 0.3) is 0 Å². The second kappa shape index (κ2) is 5.62. The maximum Gasteiger partial charge on any atom is 0.0681 e. The highest BCUT2D eigenvalue weighted by Crippen LogP contribution is 2.24. The van der Waals surface area contributed by atoms with Gasteiger partial charge in [-0.3, -0.25) is 0 Å². The van der Waals surface area contributed by atoms with Crippen LogP contribution < -0.4 is 0 Å². The molecule has 0 aromatic heterocycles. The predicted octanol–water partition coefficient (Wildman–Crippen LogP) is 2.30. The Bertz CT molecular complexity index is 465. The summed E-state index contributed by atoms with van der Waals surface area (Å²) in [5, 5.41) is 18.7. The van der Waals surface area contributed by atoms with Crippen molar-refractivity contribution in [2.75, 3.05) is 6.61 Å². The molecule has 2 rings (SSSR count). The summed E-state index contributed by atoms with van der Waals surface area (Å²) in [7, 11) is 0. The van der Waals surface area contributed by atoms with E-state index in [4.69, 9.17) is 5.11 Å². The van der Waals surface area contributed by atoms with Crippen molar-refractivity contribution in [2.45, 2.75) is 12.5 Å². The van der Waals surface area contributed by atoms with Crippen LogP contribution in [0, 0.1) is 0 Å². The van der Waals surface area contributed by atoms with Crippen LogP contribution in [-0.2, 0) is 6.61 Å². The van der Waals surface area contributed by atoms with E-state index in [9.17, 15) is 5.11 Å². The average Bonchev–Trinajstić information content (AvgIpc) is 2.41. The molecule has 0 aliphatic carbocycles. The topological polar surface area (TPSA) is 40.5 Å². The average molecular weight is 228 g/mol. The molecular weight excluding hydrogens is 212 g/mol. The molecule has 0 radical (unpaired) electrons. The normalized spacial score (nSPS) is 12.4. The Kier molecular flexibility index (Phi) is 3.91. The standard InChI is InChI=1S/C15H16O2/c16-10-12-5-4-8-14(9-12)15(11-17)13-6-2-1-3-7-13/h1-9,15-17H,10-11H2. The lowest BCUT2D eigenvalue weighted by Gasteiger charge is -2.15. The van der Waals surface area contributed by atoms with Gasteiger partial charge in [-0.25, -0.2) is 0 Å². The lowest BCUT2D eigenvalue weighted by atomic mass is 9.91. The molecule has 0 heterocycles. The maximum absolute atomic E-state index is 9.53. The van der Waals surface area contributed by atoms with Crippen LogP contribution in [-0.4, -0.2) is 16.8 Å². The molecule has 1 unspecified atom stereocenters. The van der Waals surface area contributed by atoms with E-state index in [1.165, 1.54) is 0 Å². The fourth-order valence-electron chi connectivity index (χ4n) is 2.00. The lowest BCUT2D eigenvalue weighted by Crippen LogP contribution is -2.06. The van der Waals surface area contributed by atoms with Crippen LogP contribution in [0.15, 0.2) is 54.6 Å². The van der Waals surface area contributed by atoms with Gasteiger partial charge in [0, 0.05) is 5.92 Å². The van der Waals surface area contributed by atoms with Gasteiger partial charge in [0.1, 0.15) is 0 Å².